The van der Waals surface area contributed by atoms with E-state index in [0.717, 1.165) is 30.4 Å². The highest BCUT2D eigenvalue weighted by atomic mass is 32.2. The molecule has 1 aliphatic rings. The first-order valence-corrected chi connectivity index (χ1v) is 10.0. The fourth-order valence-electron chi connectivity index (χ4n) is 3.19. The predicted molar refractivity (Wildman–Crippen MR) is 95.6 cm³/mol. The van der Waals surface area contributed by atoms with Crippen molar-refractivity contribution >= 4 is 15.7 Å². The molecule has 1 unspecified atom stereocenters. The molecule has 25 heavy (non-hydrogen) atoms. The van der Waals surface area contributed by atoms with E-state index in [0.29, 0.717) is 12.1 Å². The number of sulfone groups is 1. The monoisotopic (exact) mass is 359 g/mol. The molecule has 1 fully saturated rings. The van der Waals surface area contributed by atoms with Crippen molar-refractivity contribution in [3.05, 3.63) is 59.7 Å². The van der Waals surface area contributed by atoms with Crippen LogP contribution in [0, 0.1) is 0 Å². The fourth-order valence-corrected chi connectivity index (χ4v) is 3.82. The highest BCUT2D eigenvalue weighted by Crippen LogP contribution is 2.34. The molecule has 0 bridgehead atoms. The molecule has 0 aliphatic carbocycles. The number of carbonyl (C=O) groups excluding carboxylic acids is 1. The molecule has 2 aromatic rings. The minimum Gasteiger partial charge on any atom is -0.497 e. The van der Waals surface area contributed by atoms with Gasteiger partial charge < -0.3 is 9.64 Å². The van der Waals surface area contributed by atoms with Gasteiger partial charge in [0.2, 0.25) is 0 Å². The lowest BCUT2D eigenvalue weighted by atomic mass is 10.0. The van der Waals surface area contributed by atoms with E-state index in [4.69, 9.17) is 4.74 Å². The summed E-state index contributed by atoms with van der Waals surface area (Å²) in [5.74, 6) is 0.717. The van der Waals surface area contributed by atoms with E-state index in [2.05, 4.69) is 0 Å². The molecule has 1 heterocycles. The van der Waals surface area contributed by atoms with Crippen molar-refractivity contribution in [3.8, 4) is 5.75 Å². The first kappa shape index (κ1) is 17.5. The van der Waals surface area contributed by atoms with Crippen molar-refractivity contribution in [1.82, 2.24) is 4.90 Å². The normalized spacial score (nSPS) is 17.5. The van der Waals surface area contributed by atoms with Crippen molar-refractivity contribution in [2.75, 3.05) is 19.9 Å². The van der Waals surface area contributed by atoms with E-state index in [1.807, 2.05) is 29.2 Å². The molecule has 0 spiro atoms. The molecule has 132 valence electrons. The van der Waals surface area contributed by atoms with Gasteiger partial charge in [0.25, 0.3) is 5.91 Å². The third-order valence-corrected chi connectivity index (χ3v) is 5.67. The van der Waals surface area contributed by atoms with Crippen LogP contribution in [0.1, 0.15) is 34.8 Å². The van der Waals surface area contributed by atoms with Gasteiger partial charge in [-0.1, -0.05) is 12.1 Å². The van der Waals surface area contributed by atoms with Gasteiger partial charge in [0.05, 0.1) is 18.0 Å². The summed E-state index contributed by atoms with van der Waals surface area (Å²) in [7, 11) is -1.64. The van der Waals surface area contributed by atoms with E-state index < -0.39 is 9.84 Å². The Morgan fingerprint density at radius 1 is 1.08 bits per heavy atom. The van der Waals surface area contributed by atoms with Crippen LogP contribution in [-0.4, -0.2) is 39.1 Å². The lowest BCUT2D eigenvalue weighted by Crippen LogP contribution is -2.30. The number of methoxy groups -OCH3 is 1. The summed E-state index contributed by atoms with van der Waals surface area (Å²) in [5, 5.41) is 0. The average molecular weight is 359 g/mol. The molecular formula is C19H21NO4S. The molecule has 1 aliphatic heterocycles. The Balaban J connectivity index is 1.82. The average Bonchev–Trinajstić information content (AvgIpc) is 3.10. The summed E-state index contributed by atoms with van der Waals surface area (Å²) in [6, 6.07) is 14.0. The lowest BCUT2D eigenvalue weighted by molar-refractivity contribution is 0.0735. The van der Waals surface area contributed by atoms with Gasteiger partial charge in [-0.25, -0.2) is 8.42 Å². The van der Waals surface area contributed by atoms with Crippen molar-refractivity contribution in [1.29, 1.82) is 0 Å². The number of hydrogen-bond acceptors (Lipinski definition) is 4. The summed E-state index contributed by atoms with van der Waals surface area (Å²) in [6.45, 7) is 0.698. The van der Waals surface area contributed by atoms with E-state index >= 15 is 0 Å². The molecule has 1 atom stereocenters. The number of hydrogen-bond donors (Lipinski definition) is 0. The number of benzene rings is 2. The molecule has 0 N–H and O–H groups in total. The van der Waals surface area contributed by atoms with Gasteiger partial charge in [0, 0.05) is 18.4 Å². The maximum atomic E-state index is 12.9. The van der Waals surface area contributed by atoms with E-state index in [1.165, 1.54) is 12.1 Å². The van der Waals surface area contributed by atoms with Gasteiger partial charge in [-0.3, -0.25) is 4.79 Å². The van der Waals surface area contributed by atoms with Gasteiger partial charge >= 0.3 is 0 Å². The summed E-state index contributed by atoms with van der Waals surface area (Å²) < 4.78 is 28.3. The predicted octanol–water partition coefficient (Wildman–Crippen LogP) is 3.08. The highest BCUT2D eigenvalue weighted by molar-refractivity contribution is 7.90. The Labute approximate surface area is 148 Å². The fraction of sp³-hybridized carbons (Fsp3) is 0.316. The summed E-state index contributed by atoms with van der Waals surface area (Å²) >= 11 is 0. The topological polar surface area (TPSA) is 63.7 Å². The minimum absolute atomic E-state index is 0.0352. The van der Waals surface area contributed by atoms with Crippen LogP contribution in [0.25, 0.3) is 0 Å². The second-order valence-electron chi connectivity index (χ2n) is 6.23. The molecule has 0 radical (unpaired) electrons. The summed E-state index contributed by atoms with van der Waals surface area (Å²) in [6.07, 6.45) is 3.02. The lowest BCUT2D eigenvalue weighted by Gasteiger charge is -2.25. The van der Waals surface area contributed by atoms with Crippen LogP contribution < -0.4 is 4.74 Å². The third kappa shape index (κ3) is 3.69. The highest BCUT2D eigenvalue weighted by Gasteiger charge is 2.30. The van der Waals surface area contributed by atoms with E-state index in [1.54, 1.807) is 19.2 Å². The number of rotatable bonds is 4. The maximum absolute atomic E-state index is 12.9. The van der Waals surface area contributed by atoms with Crippen molar-refractivity contribution in [2.24, 2.45) is 0 Å². The maximum Gasteiger partial charge on any atom is 0.254 e. The van der Waals surface area contributed by atoms with Gasteiger partial charge in [0.15, 0.2) is 9.84 Å². The molecular weight excluding hydrogens is 338 g/mol. The van der Waals surface area contributed by atoms with E-state index in [-0.39, 0.29) is 16.8 Å². The number of likely N-dealkylation sites (tertiary alicyclic amines) is 1. The van der Waals surface area contributed by atoms with Crippen molar-refractivity contribution in [3.63, 3.8) is 0 Å². The Bertz CT molecular complexity index is 857. The Kier molecular flexibility index (Phi) is 4.81. The molecule has 1 saturated heterocycles. The molecule has 3 rings (SSSR count). The van der Waals surface area contributed by atoms with Gasteiger partial charge in [-0.2, -0.15) is 0 Å². The van der Waals surface area contributed by atoms with Gasteiger partial charge in [0.1, 0.15) is 5.75 Å². The van der Waals surface area contributed by atoms with Crippen LogP contribution in [-0.2, 0) is 9.84 Å². The number of amides is 1. The third-order valence-electron chi connectivity index (χ3n) is 4.54. The molecule has 6 heteroatoms. The quantitative estimate of drug-likeness (QED) is 0.842. The number of nitrogens with zero attached hydrogens (tertiary/aromatic N) is 1. The van der Waals surface area contributed by atoms with Crippen LogP contribution >= 0.6 is 0 Å². The Hall–Kier alpha value is -2.34. The Morgan fingerprint density at radius 2 is 1.72 bits per heavy atom. The van der Waals surface area contributed by atoms with Gasteiger partial charge in [-0.15, -0.1) is 0 Å². The van der Waals surface area contributed by atoms with Crippen LogP contribution in [0.5, 0.6) is 5.75 Å². The molecule has 2 aromatic carbocycles. The summed E-state index contributed by atoms with van der Waals surface area (Å²) in [4.78, 5) is 14.9. The smallest absolute Gasteiger partial charge is 0.254 e. The van der Waals surface area contributed by atoms with Gasteiger partial charge in [-0.05, 0) is 54.8 Å². The van der Waals surface area contributed by atoms with Crippen molar-refractivity contribution < 1.29 is 17.9 Å². The SMILES string of the molecule is COc1ccc(C2CCCN2C(=O)c2ccc(S(C)(=O)=O)cc2)cc1. The largest absolute Gasteiger partial charge is 0.497 e. The Morgan fingerprint density at radius 3 is 2.28 bits per heavy atom. The van der Waals surface area contributed by atoms with E-state index in [9.17, 15) is 13.2 Å². The van der Waals surface area contributed by atoms with Crippen molar-refractivity contribution in [2.45, 2.75) is 23.8 Å². The number of carbonyl (C=O) groups is 1. The molecule has 5 nitrogen and oxygen atoms in total. The zero-order chi connectivity index (χ0) is 18.0. The first-order chi connectivity index (χ1) is 11.9. The minimum atomic E-state index is -3.26. The summed E-state index contributed by atoms with van der Waals surface area (Å²) in [5.41, 5.74) is 1.59. The molecule has 0 aromatic heterocycles. The zero-order valence-corrected chi connectivity index (χ0v) is 15.1. The molecule has 0 saturated carbocycles. The second-order valence-corrected chi connectivity index (χ2v) is 8.24. The van der Waals surface area contributed by atoms with Crippen LogP contribution in [0.15, 0.2) is 53.4 Å². The van der Waals surface area contributed by atoms with Crippen LogP contribution in [0.4, 0.5) is 0 Å². The zero-order valence-electron chi connectivity index (χ0n) is 14.3. The number of ether oxygens (including phenoxy) is 1. The standard InChI is InChI=1S/C19H21NO4S/c1-24-16-9-5-14(6-10-16)18-4-3-13-20(18)19(21)15-7-11-17(12-8-15)25(2,22)23/h5-12,18H,3-4,13H2,1-2H3. The van der Waals surface area contributed by atoms with Crippen LogP contribution in [0.2, 0.25) is 0 Å². The van der Waals surface area contributed by atoms with Crippen LogP contribution in [0.3, 0.4) is 0 Å². The first-order valence-electron chi connectivity index (χ1n) is 8.15. The molecule has 1 amide bonds. The second kappa shape index (κ2) is 6.88.